The fraction of sp³-hybridized carbons (Fsp3) is 0.222. The van der Waals surface area contributed by atoms with E-state index < -0.39 is 17.6 Å². The molecule has 35 heavy (non-hydrogen) atoms. The van der Waals surface area contributed by atoms with Gasteiger partial charge in [0, 0.05) is 30.7 Å². The predicted molar refractivity (Wildman–Crippen MR) is 133 cm³/mol. The van der Waals surface area contributed by atoms with E-state index in [1.54, 1.807) is 30.3 Å². The van der Waals surface area contributed by atoms with Gasteiger partial charge < -0.3 is 10.2 Å². The van der Waals surface area contributed by atoms with Crippen LogP contribution >= 0.6 is 0 Å². The third-order valence-electron chi connectivity index (χ3n) is 5.97. The molecule has 0 bridgehead atoms. The number of aromatic nitrogens is 2. The van der Waals surface area contributed by atoms with Crippen LogP contribution in [0.25, 0.3) is 22.0 Å². The Morgan fingerprint density at radius 1 is 1.03 bits per heavy atom. The Bertz CT molecular complexity index is 1420. The summed E-state index contributed by atoms with van der Waals surface area (Å²) < 4.78 is 40.0. The van der Waals surface area contributed by atoms with Gasteiger partial charge in [-0.1, -0.05) is 12.1 Å². The first-order valence-electron chi connectivity index (χ1n) is 11.1. The van der Waals surface area contributed by atoms with Crippen LogP contribution < -0.4 is 10.2 Å². The number of benzene rings is 3. The second-order valence-corrected chi connectivity index (χ2v) is 8.42. The van der Waals surface area contributed by atoms with Gasteiger partial charge in [0.15, 0.2) is 0 Å². The molecule has 0 aliphatic heterocycles. The molecule has 0 spiro atoms. The molecule has 0 atom stereocenters. The van der Waals surface area contributed by atoms with E-state index in [2.05, 4.69) is 15.3 Å². The number of aryl methyl sites for hydroxylation is 2. The summed E-state index contributed by atoms with van der Waals surface area (Å²) in [4.78, 5) is 23.6. The Balaban J connectivity index is 1.70. The first kappa shape index (κ1) is 24.2. The smallest absolute Gasteiger partial charge is 0.373 e. The average Bonchev–Trinajstić information content (AvgIpc) is 2.83. The Labute approximate surface area is 201 Å². The van der Waals surface area contributed by atoms with E-state index in [4.69, 9.17) is 0 Å². The molecule has 4 aromatic rings. The number of alkyl halides is 3. The summed E-state index contributed by atoms with van der Waals surface area (Å²) in [6.45, 7) is 6.21. The minimum absolute atomic E-state index is 0.106. The SMILES string of the molecule is CCN(C)c1ccc(C(F)(F)F)cc1NC(=O)c1ccc(C)c(-c2ccc3nc(C)ncc3c2)c1. The van der Waals surface area contributed by atoms with Crippen molar-refractivity contribution in [2.45, 2.75) is 26.9 Å². The van der Waals surface area contributed by atoms with Gasteiger partial charge in [-0.15, -0.1) is 0 Å². The molecule has 0 unspecified atom stereocenters. The van der Waals surface area contributed by atoms with Crippen LogP contribution in [0.1, 0.15) is 34.2 Å². The Hall–Kier alpha value is -3.94. The molecule has 1 heterocycles. The van der Waals surface area contributed by atoms with E-state index in [1.807, 2.05) is 45.0 Å². The van der Waals surface area contributed by atoms with Crippen LogP contribution in [-0.4, -0.2) is 29.5 Å². The third-order valence-corrected chi connectivity index (χ3v) is 5.97. The monoisotopic (exact) mass is 478 g/mol. The lowest BCUT2D eigenvalue weighted by Crippen LogP contribution is -2.21. The van der Waals surface area contributed by atoms with E-state index in [0.717, 1.165) is 39.7 Å². The van der Waals surface area contributed by atoms with E-state index in [-0.39, 0.29) is 5.69 Å². The molecule has 0 fully saturated rings. The fourth-order valence-corrected chi connectivity index (χ4v) is 3.88. The highest BCUT2D eigenvalue weighted by Gasteiger charge is 2.31. The highest BCUT2D eigenvalue weighted by molar-refractivity contribution is 6.07. The summed E-state index contributed by atoms with van der Waals surface area (Å²) in [7, 11) is 1.76. The Morgan fingerprint density at radius 2 is 1.80 bits per heavy atom. The number of carbonyl (C=O) groups excluding carboxylic acids is 1. The molecular formula is C27H25F3N4O. The highest BCUT2D eigenvalue weighted by atomic mass is 19.4. The van der Waals surface area contributed by atoms with Crippen molar-refractivity contribution >= 4 is 28.2 Å². The predicted octanol–water partition coefficient (Wildman–Crippen LogP) is 6.64. The number of hydrogen-bond acceptors (Lipinski definition) is 4. The van der Waals surface area contributed by atoms with Crippen LogP contribution in [0.4, 0.5) is 24.5 Å². The summed E-state index contributed by atoms with van der Waals surface area (Å²) in [5.74, 6) is 0.193. The van der Waals surface area contributed by atoms with E-state index >= 15 is 0 Å². The molecule has 8 heteroatoms. The van der Waals surface area contributed by atoms with Gasteiger partial charge >= 0.3 is 6.18 Å². The molecule has 0 aliphatic rings. The zero-order chi connectivity index (χ0) is 25.3. The number of fused-ring (bicyclic) bond motifs is 1. The first-order chi connectivity index (χ1) is 16.6. The second kappa shape index (κ2) is 9.37. The van der Waals surface area contributed by atoms with Gasteiger partial charge in [-0.2, -0.15) is 13.2 Å². The molecule has 3 aromatic carbocycles. The largest absolute Gasteiger partial charge is 0.416 e. The zero-order valence-electron chi connectivity index (χ0n) is 19.9. The van der Waals surface area contributed by atoms with Crippen molar-refractivity contribution in [3.05, 3.63) is 83.3 Å². The molecule has 0 aliphatic carbocycles. The standard InChI is InChI=1S/C27H25F3N4O/c1-5-34(4)25-11-9-21(27(28,29)30)14-24(25)33-26(35)19-7-6-16(2)22(13-19)18-8-10-23-20(12-18)15-31-17(3)32-23/h6-15H,5H2,1-4H3,(H,33,35). The maximum absolute atomic E-state index is 13.3. The van der Waals surface area contributed by atoms with Gasteiger partial charge in [0.25, 0.3) is 5.91 Å². The zero-order valence-corrected chi connectivity index (χ0v) is 19.9. The number of nitrogens with one attached hydrogen (secondary N) is 1. The van der Waals surface area contributed by atoms with Crippen molar-refractivity contribution in [1.29, 1.82) is 0 Å². The number of nitrogens with zero attached hydrogens (tertiary/aromatic N) is 3. The molecule has 180 valence electrons. The van der Waals surface area contributed by atoms with Crippen LogP contribution in [-0.2, 0) is 6.18 Å². The average molecular weight is 479 g/mol. The molecule has 0 saturated heterocycles. The van der Waals surface area contributed by atoms with E-state index in [1.165, 1.54) is 6.07 Å². The molecule has 4 rings (SSSR count). The van der Waals surface area contributed by atoms with Crippen LogP contribution in [0.5, 0.6) is 0 Å². The van der Waals surface area contributed by atoms with Crippen molar-refractivity contribution < 1.29 is 18.0 Å². The van der Waals surface area contributed by atoms with Crippen LogP contribution in [0.15, 0.2) is 60.8 Å². The van der Waals surface area contributed by atoms with Crippen molar-refractivity contribution in [2.75, 3.05) is 23.8 Å². The Morgan fingerprint density at radius 3 is 2.51 bits per heavy atom. The molecule has 1 aromatic heterocycles. The van der Waals surface area contributed by atoms with Gasteiger partial charge in [0.1, 0.15) is 5.82 Å². The van der Waals surface area contributed by atoms with Gasteiger partial charge in [0.05, 0.1) is 22.5 Å². The minimum Gasteiger partial charge on any atom is -0.373 e. The van der Waals surface area contributed by atoms with Gasteiger partial charge in [-0.25, -0.2) is 9.97 Å². The fourth-order valence-electron chi connectivity index (χ4n) is 3.88. The summed E-state index contributed by atoms with van der Waals surface area (Å²) in [5, 5.41) is 3.56. The number of anilines is 2. The third kappa shape index (κ3) is 5.11. The lowest BCUT2D eigenvalue weighted by atomic mass is 9.97. The normalized spacial score (nSPS) is 11.5. The van der Waals surface area contributed by atoms with Crippen molar-refractivity contribution in [1.82, 2.24) is 9.97 Å². The summed E-state index contributed by atoms with van der Waals surface area (Å²) >= 11 is 0. The molecule has 1 N–H and O–H groups in total. The molecule has 0 saturated carbocycles. The summed E-state index contributed by atoms with van der Waals surface area (Å²) in [5.41, 5.74) is 3.65. The van der Waals surface area contributed by atoms with E-state index in [9.17, 15) is 18.0 Å². The van der Waals surface area contributed by atoms with Crippen LogP contribution in [0.2, 0.25) is 0 Å². The maximum atomic E-state index is 13.3. The van der Waals surface area contributed by atoms with Crippen LogP contribution in [0, 0.1) is 13.8 Å². The topological polar surface area (TPSA) is 58.1 Å². The molecule has 0 radical (unpaired) electrons. The van der Waals surface area contributed by atoms with Crippen molar-refractivity contribution in [2.24, 2.45) is 0 Å². The van der Waals surface area contributed by atoms with Crippen molar-refractivity contribution in [3.8, 4) is 11.1 Å². The quantitative estimate of drug-likeness (QED) is 0.349. The van der Waals surface area contributed by atoms with Crippen molar-refractivity contribution in [3.63, 3.8) is 0 Å². The minimum atomic E-state index is -4.52. The van der Waals surface area contributed by atoms with E-state index in [0.29, 0.717) is 23.6 Å². The lowest BCUT2D eigenvalue weighted by molar-refractivity contribution is -0.137. The van der Waals surface area contributed by atoms with Gasteiger partial charge in [-0.05, 0) is 79.9 Å². The van der Waals surface area contributed by atoms with Gasteiger partial charge in [-0.3, -0.25) is 4.79 Å². The number of hydrogen-bond donors (Lipinski definition) is 1. The highest BCUT2D eigenvalue weighted by Crippen LogP contribution is 2.35. The second-order valence-electron chi connectivity index (χ2n) is 8.42. The Kier molecular flexibility index (Phi) is 6.47. The number of halogens is 3. The first-order valence-corrected chi connectivity index (χ1v) is 11.1. The number of carbonyl (C=O) groups is 1. The summed E-state index contributed by atoms with van der Waals surface area (Å²) in [6.07, 6.45) is -2.76. The number of rotatable bonds is 5. The maximum Gasteiger partial charge on any atom is 0.416 e. The molecule has 5 nitrogen and oxygen atoms in total. The number of amides is 1. The summed E-state index contributed by atoms with van der Waals surface area (Å²) in [6, 6.07) is 14.4. The molecular weight excluding hydrogens is 453 g/mol. The van der Waals surface area contributed by atoms with Gasteiger partial charge in [0.2, 0.25) is 0 Å². The van der Waals surface area contributed by atoms with Crippen LogP contribution in [0.3, 0.4) is 0 Å². The lowest BCUT2D eigenvalue weighted by Gasteiger charge is -2.22. The molecule has 1 amide bonds.